The highest BCUT2D eigenvalue weighted by molar-refractivity contribution is 7.10. The van der Waals surface area contributed by atoms with E-state index in [4.69, 9.17) is 0 Å². The Bertz CT molecular complexity index is 952. The summed E-state index contributed by atoms with van der Waals surface area (Å²) in [7, 11) is 0. The van der Waals surface area contributed by atoms with E-state index < -0.39 is 0 Å². The first kappa shape index (κ1) is 13.9. The number of rotatable bonds is 4. The molecule has 7 nitrogen and oxygen atoms in total. The van der Waals surface area contributed by atoms with Gasteiger partial charge in [-0.1, -0.05) is 6.92 Å². The number of aromatic nitrogens is 6. The van der Waals surface area contributed by atoms with E-state index in [0.717, 1.165) is 45.5 Å². The predicted octanol–water partition coefficient (Wildman–Crippen LogP) is 3.19. The van der Waals surface area contributed by atoms with Crippen LogP contribution in [0.15, 0.2) is 30.9 Å². The number of H-pyrrole nitrogens is 1. The zero-order valence-electron chi connectivity index (χ0n) is 12.7. The second-order valence-electron chi connectivity index (χ2n) is 5.22. The van der Waals surface area contributed by atoms with E-state index in [9.17, 15) is 0 Å². The Morgan fingerprint density at radius 2 is 2.26 bits per heavy atom. The summed E-state index contributed by atoms with van der Waals surface area (Å²) in [6, 6.07) is 2.05. The zero-order chi connectivity index (χ0) is 15.8. The summed E-state index contributed by atoms with van der Waals surface area (Å²) in [5, 5.41) is 11.1. The first-order valence-corrected chi connectivity index (χ1v) is 8.08. The highest BCUT2D eigenvalue weighted by atomic mass is 32.1. The van der Waals surface area contributed by atoms with Gasteiger partial charge in [-0.3, -0.25) is 9.50 Å². The average Bonchev–Trinajstić information content (AvgIpc) is 3.26. The third-order valence-electron chi connectivity index (χ3n) is 3.57. The van der Waals surface area contributed by atoms with Gasteiger partial charge in [0.25, 0.3) is 0 Å². The molecule has 4 rings (SSSR count). The minimum atomic E-state index is 0.728. The third kappa shape index (κ3) is 2.46. The van der Waals surface area contributed by atoms with Crippen molar-refractivity contribution in [2.24, 2.45) is 0 Å². The van der Waals surface area contributed by atoms with Crippen molar-refractivity contribution in [1.29, 1.82) is 0 Å². The van der Waals surface area contributed by atoms with E-state index >= 15 is 0 Å². The normalized spacial score (nSPS) is 11.2. The Labute approximate surface area is 136 Å². The molecule has 0 amide bonds. The summed E-state index contributed by atoms with van der Waals surface area (Å²) < 4.78 is 6.42. The first-order valence-electron chi connectivity index (χ1n) is 7.31. The Morgan fingerprint density at radius 3 is 3.00 bits per heavy atom. The molecule has 23 heavy (non-hydrogen) atoms. The van der Waals surface area contributed by atoms with Gasteiger partial charge in [0.15, 0.2) is 11.5 Å². The molecule has 0 spiro atoms. The topological polar surface area (TPSA) is 83.8 Å². The number of hydrogen-bond acceptors (Lipinski definition) is 6. The fourth-order valence-electron chi connectivity index (χ4n) is 2.45. The predicted molar refractivity (Wildman–Crippen MR) is 90.1 cm³/mol. The number of hydrogen-bond donors (Lipinski definition) is 2. The fraction of sp³-hybridized carbons (Fsp3) is 0.200. The van der Waals surface area contributed by atoms with Gasteiger partial charge in [-0.25, -0.2) is 9.97 Å². The Hall–Kier alpha value is -2.74. The molecule has 4 aromatic heterocycles. The molecule has 0 fully saturated rings. The van der Waals surface area contributed by atoms with Crippen LogP contribution in [0.3, 0.4) is 0 Å². The highest BCUT2D eigenvalue weighted by Crippen LogP contribution is 2.27. The summed E-state index contributed by atoms with van der Waals surface area (Å²) in [6.45, 7) is 4.06. The summed E-state index contributed by atoms with van der Waals surface area (Å²) >= 11 is 1.43. The van der Waals surface area contributed by atoms with Crippen LogP contribution in [0.1, 0.15) is 18.3 Å². The average molecular weight is 325 g/mol. The number of aromatic amines is 1. The second-order valence-corrected chi connectivity index (χ2v) is 6.02. The van der Waals surface area contributed by atoms with Gasteiger partial charge in [0.05, 0.1) is 29.5 Å². The molecule has 0 radical (unpaired) electrons. The van der Waals surface area contributed by atoms with Gasteiger partial charge in [0.2, 0.25) is 0 Å². The number of aryl methyl sites for hydroxylation is 2. The molecular weight excluding hydrogens is 310 g/mol. The molecule has 0 bridgehead atoms. The van der Waals surface area contributed by atoms with Crippen molar-refractivity contribution < 1.29 is 0 Å². The van der Waals surface area contributed by atoms with E-state index in [0.29, 0.717) is 0 Å². The lowest BCUT2D eigenvalue weighted by Crippen LogP contribution is -2.00. The maximum Gasteiger partial charge on any atom is 0.180 e. The van der Waals surface area contributed by atoms with Gasteiger partial charge in [-0.15, -0.1) is 0 Å². The lowest BCUT2D eigenvalue weighted by atomic mass is 10.3. The lowest BCUT2D eigenvalue weighted by molar-refractivity contribution is 1.08. The standard InChI is InChI=1S/C15H15N7S/c1-3-11-4-13(23-21-11)20-14-15-16-7-12(10-5-17-18-6-10)22(15)8-9(2)19-14/h4-8H,3H2,1-2H3,(H,17,18)(H,19,20). The van der Waals surface area contributed by atoms with Gasteiger partial charge in [-0.2, -0.15) is 9.47 Å². The highest BCUT2D eigenvalue weighted by Gasteiger charge is 2.13. The smallest absolute Gasteiger partial charge is 0.180 e. The van der Waals surface area contributed by atoms with Crippen LogP contribution < -0.4 is 5.32 Å². The quantitative estimate of drug-likeness (QED) is 0.602. The maximum atomic E-state index is 4.59. The van der Waals surface area contributed by atoms with Crippen molar-refractivity contribution in [2.45, 2.75) is 20.3 Å². The molecule has 8 heteroatoms. The third-order valence-corrected chi connectivity index (χ3v) is 4.31. The van der Waals surface area contributed by atoms with Crippen molar-refractivity contribution in [1.82, 2.24) is 28.9 Å². The van der Waals surface area contributed by atoms with Crippen LogP contribution in [-0.4, -0.2) is 28.9 Å². The molecule has 0 atom stereocenters. The number of nitrogens with one attached hydrogen (secondary N) is 2. The van der Waals surface area contributed by atoms with Crippen LogP contribution in [0, 0.1) is 6.92 Å². The van der Waals surface area contributed by atoms with Gasteiger partial charge in [0, 0.05) is 18.0 Å². The second kappa shape index (κ2) is 5.47. The summed E-state index contributed by atoms with van der Waals surface area (Å²) in [4.78, 5) is 9.11. The molecule has 0 aromatic carbocycles. The van der Waals surface area contributed by atoms with Crippen LogP contribution in [0.4, 0.5) is 10.8 Å². The number of imidazole rings is 1. The number of fused-ring (bicyclic) bond motifs is 1. The Morgan fingerprint density at radius 1 is 1.35 bits per heavy atom. The van der Waals surface area contributed by atoms with E-state index in [1.165, 1.54) is 11.5 Å². The summed E-state index contributed by atoms with van der Waals surface area (Å²) in [6.07, 6.45) is 8.35. The number of anilines is 2. The summed E-state index contributed by atoms with van der Waals surface area (Å²) in [5.74, 6) is 0.728. The molecule has 0 aliphatic rings. The van der Waals surface area contributed by atoms with Crippen molar-refractivity contribution in [3.05, 3.63) is 42.2 Å². The van der Waals surface area contributed by atoms with Crippen LogP contribution in [-0.2, 0) is 6.42 Å². The van der Waals surface area contributed by atoms with E-state index in [2.05, 4.69) is 36.8 Å². The van der Waals surface area contributed by atoms with E-state index in [1.807, 2.05) is 36.0 Å². The van der Waals surface area contributed by atoms with Gasteiger partial charge >= 0.3 is 0 Å². The van der Waals surface area contributed by atoms with E-state index in [1.54, 1.807) is 6.20 Å². The fourth-order valence-corrected chi connectivity index (χ4v) is 3.18. The molecule has 0 unspecified atom stereocenters. The first-order chi connectivity index (χ1) is 11.2. The molecule has 0 aliphatic carbocycles. The molecule has 0 saturated carbocycles. The van der Waals surface area contributed by atoms with Crippen molar-refractivity contribution in [3.63, 3.8) is 0 Å². The lowest BCUT2D eigenvalue weighted by Gasteiger charge is -2.07. The molecular formula is C15H15N7S. The van der Waals surface area contributed by atoms with Crippen LogP contribution in [0.2, 0.25) is 0 Å². The van der Waals surface area contributed by atoms with E-state index in [-0.39, 0.29) is 0 Å². The van der Waals surface area contributed by atoms with Crippen molar-refractivity contribution in [2.75, 3.05) is 5.32 Å². The summed E-state index contributed by atoms with van der Waals surface area (Å²) in [5.41, 5.74) is 4.71. The van der Waals surface area contributed by atoms with Crippen molar-refractivity contribution in [3.8, 4) is 11.3 Å². The van der Waals surface area contributed by atoms with Gasteiger partial charge < -0.3 is 5.32 Å². The Balaban J connectivity index is 1.80. The van der Waals surface area contributed by atoms with Gasteiger partial charge in [-0.05, 0) is 30.9 Å². The maximum absolute atomic E-state index is 4.59. The molecule has 116 valence electrons. The van der Waals surface area contributed by atoms with Crippen LogP contribution >= 0.6 is 11.5 Å². The van der Waals surface area contributed by atoms with Crippen LogP contribution in [0.25, 0.3) is 16.9 Å². The molecule has 0 aliphatic heterocycles. The monoisotopic (exact) mass is 325 g/mol. The largest absolute Gasteiger partial charge is 0.328 e. The number of nitrogens with zero attached hydrogens (tertiary/aromatic N) is 5. The van der Waals surface area contributed by atoms with Crippen LogP contribution in [0.5, 0.6) is 0 Å². The van der Waals surface area contributed by atoms with Crippen molar-refractivity contribution >= 4 is 28.0 Å². The molecule has 2 N–H and O–H groups in total. The van der Waals surface area contributed by atoms with Gasteiger partial charge in [0.1, 0.15) is 5.00 Å². The molecule has 4 aromatic rings. The SMILES string of the molecule is CCc1cc(Nc2nc(C)cn3c(-c4cn[nH]c4)cnc23)sn1. The Kier molecular flexibility index (Phi) is 3.30. The minimum Gasteiger partial charge on any atom is -0.328 e. The zero-order valence-corrected chi connectivity index (χ0v) is 13.6. The minimum absolute atomic E-state index is 0.728. The molecule has 4 heterocycles. The molecule has 0 saturated heterocycles.